The number of rotatable bonds is 5. The van der Waals surface area contributed by atoms with Crippen LogP contribution >= 0.6 is 22.6 Å². The van der Waals surface area contributed by atoms with Gasteiger partial charge in [0, 0.05) is 10.8 Å². The number of ketones is 1. The molecular weight excluding hydrogens is 423 g/mol. The van der Waals surface area contributed by atoms with E-state index in [9.17, 15) is 4.79 Å². The number of halogens is 1. The highest BCUT2D eigenvalue weighted by Crippen LogP contribution is 2.62. The molecule has 2 saturated carbocycles. The van der Waals surface area contributed by atoms with E-state index in [1.54, 1.807) is 0 Å². The Labute approximate surface area is 166 Å². The third-order valence-corrected chi connectivity index (χ3v) is 8.15. The molecular formula is C22H31IO2. The first-order valence-electron chi connectivity index (χ1n) is 10.2. The van der Waals surface area contributed by atoms with Gasteiger partial charge < -0.3 is 4.74 Å². The summed E-state index contributed by atoms with van der Waals surface area (Å²) >= 11 is 2.41. The van der Waals surface area contributed by atoms with E-state index < -0.39 is 0 Å². The minimum atomic E-state index is 0.328. The highest BCUT2D eigenvalue weighted by molar-refractivity contribution is 14.1. The zero-order chi connectivity index (χ0) is 17.6. The van der Waals surface area contributed by atoms with Crippen molar-refractivity contribution in [3.63, 3.8) is 0 Å². The lowest BCUT2D eigenvalue weighted by molar-refractivity contribution is -0.115. The molecule has 0 amide bonds. The van der Waals surface area contributed by atoms with Crippen molar-refractivity contribution in [3.05, 3.63) is 23.8 Å². The summed E-state index contributed by atoms with van der Waals surface area (Å²) < 4.78 is 7.21. The van der Waals surface area contributed by atoms with Gasteiger partial charge in [-0.2, -0.15) is 0 Å². The Morgan fingerprint density at radius 1 is 1.32 bits per heavy atom. The van der Waals surface area contributed by atoms with Gasteiger partial charge in [-0.05, 0) is 72.3 Å². The molecule has 138 valence electrons. The summed E-state index contributed by atoms with van der Waals surface area (Å²) in [6, 6.07) is 0. The second-order valence-corrected chi connectivity index (χ2v) is 10.0. The van der Waals surface area contributed by atoms with Gasteiger partial charge in [0.25, 0.3) is 0 Å². The van der Waals surface area contributed by atoms with Gasteiger partial charge in [-0.25, -0.2) is 0 Å². The molecule has 0 radical (unpaired) electrons. The van der Waals surface area contributed by atoms with Crippen LogP contribution in [0, 0.1) is 35.0 Å². The first kappa shape index (κ1) is 18.2. The van der Waals surface area contributed by atoms with Crippen molar-refractivity contribution in [3.8, 4) is 0 Å². The summed E-state index contributed by atoms with van der Waals surface area (Å²) in [5.74, 6) is 3.90. The fraction of sp³-hybridized carbons (Fsp3) is 0.773. The van der Waals surface area contributed by atoms with E-state index in [0.717, 1.165) is 41.6 Å². The van der Waals surface area contributed by atoms with E-state index in [4.69, 9.17) is 4.74 Å². The van der Waals surface area contributed by atoms with E-state index in [1.807, 2.05) is 6.08 Å². The molecule has 0 bridgehead atoms. The Morgan fingerprint density at radius 3 is 2.92 bits per heavy atom. The summed E-state index contributed by atoms with van der Waals surface area (Å²) in [5.41, 5.74) is 1.77. The van der Waals surface area contributed by atoms with Gasteiger partial charge in [-0.3, -0.25) is 4.79 Å². The van der Waals surface area contributed by atoms with Gasteiger partial charge in [-0.1, -0.05) is 55.0 Å². The smallest absolute Gasteiger partial charge is 0.155 e. The van der Waals surface area contributed by atoms with Crippen molar-refractivity contribution in [2.24, 2.45) is 35.0 Å². The maximum atomic E-state index is 11.8. The van der Waals surface area contributed by atoms with Gasteiger partial charge in [0.05, 0.1) is 12.7 Å². The lowest BCUT2D eigenvalue weighted by atomic mass is 9.51. The number of carbonyl (C=O) groups excluding carboxylic acids is 1. The number of carbonyl (C=O) groups is 1. The quantitative estimate of drug-likeness (QED) is 0.413. The van der Waals surface area contributed by atoms with Crippen LogP contribution < -0.4 is 0 Å². The van der Waals surface area contributed by atoms with Crippen molar-refractivity contribution < 1.29 is 9.53 Å². The SMILES string of the molecule is CCC1(C)CCC2C3CCC(=O)C=C3C=CC2C1[C@@H]1CC1OCCI. The molecule has 25 heavy (non-hydrogen) atoms. The van der Waals surface area contributed by atoms with Crippen molar-refractivity contribution in [1.29, 1.82) is 0 Å². The Hall–Kier alpha value is -0.160. The summed E-state index contributed by atoms with van der Waals surface area (Å²) in [6.45, 7) is 5.82. The van der Waals surface area contributed by atoms with E-state index in [2.05, 4.69) is 48.6 Å². The predicted molar refractivity (Wildman–Crippen MR) is 110 cm³/mol. The molecule has 0 spiro atoms. The Balaban J connectivity index is 1.60. The van der Waals surface area contributed by atoms with E-state index in [-0.39, 0.29) is 0 Å². The largest absolute Gasteiger partial charge is 0.377 e. The molecule has 4 aliphatic rings. The van der Waals surface area contributed by atoms with Crippen molar-refractivity contribution >= 4 is 28.4 Å². The van der Waals surface area contributed by atoms with E-state index >= 15 is 0 Å². The summed E-state index contributed by atoms with van der Waals surface area (Å²) in [4.78, 5) is 11.8. The number of allylic oxidation sites excluding steroid dienone is 4. The van der Waals surface area contributed by atoms with E-state index in [0.29, 0.717) is 29.1 Å². The van der Waals surface area contributed by atoms with Crippen molar-refractivity contribution in [2.75, 3.05) is 11.0 Å². The molecule has 3 heteroatoms. The normalized spacial score (nSPS) is 45.6. The number of ether oxygens (including phenoxy) is 1. The van der Waals surface area contributed by atoms with Crippen LogP contribution in [0.5, 0.6) is 0 Å². The molecule has 0 N–H and O–H groups in total. The maximum absolute atomic E-state index is 11.8. The van der Waals surface area contributed by atoms with Crippen LogP contribution in [0.3, 0.4) is 0 Å². The lowest BCUT2D eigenvalue weighted by Gasteiger charge is -2.53. The third-order valence-electron chi connectivity index (χ3n) is 7.70. The fourth-order valence-corrected chi connectivity index (χ4v) is 6.43. The molecule has 2 nitrogen and oxygen atoms in total. The van der Waals surface area contributed by atoms with Crippen LogP contribution in [0.4, 0.5) is 0 Å². The Bertz CT molecular complexity index is 595. The molecule has 7 atom stereocenters. The minimum Gasteiger partial charge on any atom is -0.377 e. The Kier molecular flexibility index (Phi) is 5.18. The molecule has 4 aliphatic carbocycles. The Morgan fingerprint density at radius 2 is 2.16 bits per heavy atom. The van der Waals surface area contributed by atoms with Gasteiger partial charge in [0.2, 0.25) is 0 Å². The van der Waals surface area contributed by atoms with Crippen LogP contribution in [0.1, 0.15) is 52.4 Å². The number of fused-ring (bicyclic) bond motifs is 3. The third kappa shape index (κ3) is 3.28. The lowest BCUT2D eigenvalue weighted by Crippen LogP contribution is -2.46. The zero-order valence-electron chi connectivity index (χ0n) is 15.5. The highest BCUT2D eigenvalue weighted by atomic mass is 127. The van der Waals surface area contributed by atoms with Gasteiger partial charge in [0.1, 0.15) is 0 Å². The standard InChI is InChI=1S/C22H31IO2/c1-3-22(2)9-8-17-16-7-5-15(24)12-14(16)4-6-18(17)21(22)19-13-20(19)25-11-10-23/h4,6,12,16-21H,3,5,7-11,13H2,1-2H3/t16?,17?,18?,19-,20?,21?,22?/m1/s1. The number of alkyl halides is 1. The van der Waals surface area contributed by atoms with Crippen molar-refractivity contribution in [1.82, 2.24) is 0 Å². The van der Waals surface area contributed by atoms with Crippen LogP contribution in [0.15, 0.2) is 23.8 Å². The van der Waals surface area contributed by atoms with Crippen molar-refractivity contribution in [2.45, 2.75) is 58.5 Å². The van der Waals surface area contributed by atoms with Crippen LogP contribution in [-0.4, -0.2) is 22.9 Å². The average Bonchev–Trinajstić information content (AvgIpc) is 3.38. The van der Waals surface area contributed by atoms with Gasteiger partial charge in [0.15, 0.2) is 5.78 Å². The molecule has 6 unspecified atom stereocenters. The van der Waals surface area contributed by atoms with E-state index in [1.165, 1.54) is 31.3 Å². The second kappa shape index (κ2) is 7.10. The molecule has 0 aromatic rings. The second-order valence-electron chi connectivity index (χ2n) is 8.93. The van der Waals surface area contributed by atoms with Crippen LogP contribution in [0.2, 0.25) is 0 Å². The fourth-order valence-electron chi connectivity index (χ4n) is 6.17. The minimum absolute atomic E-state index is 0.328. The molecule has 2 fully saturated rings. The summed E-state index contributed by atoms with van der Waals surface area (Å²) in [6.07, 6.45) is 14.3. The summed E-state index contributed by atoms with van der Waals surface area (Å²) in [7, 11) is 0. The first-order valence-corrected chi connectivity index (χ1v) is 11.7. The molecule has 0 saturated heterocycles. The number of hydrogen-bond donors (Lipinski definition) is 0. The maximum Gasteiger partial charge on any atom is 0.155 e. The monoisotopic (exact) mass is 454 g/mol. The first-order chi connectivity index (χ1) is 12.1. The molecule has 0 aliphatic heterocycles. The molecule has 0 aromatic carbocycles. The average molecular weight is 454 g/mol. The molecule has 0 aromatic heterocycles. The van der Waals surface area contributed by atoms with Gasteiger partial charge >= 0.3 is 0 Å². The topological polar surface area (TPSA) is 26.3 Å². The predicted octanol–water partition coefficient (Wildman–Crippen LogP) is 5.36. The molecule has 4 rings (SSSR count). The summed E-state index contributed by atoms with van der Waals surface area (Å²) in [5, 5.41) is 0. The number of hydrogen-bond acceptors (Lipinski definition) is 2. The van der Waals surface area contributed by atoms with Gasteiger partial charge in [-0.15, -0.1) is 0 Å². The zero-order valence-corrected chi connectivity index (χ0v) is 17.7. The highest BCUT2D eigenvalue weighted by Gasteiger charge is 2.57. The van der Waals surface area contributed by atoms with Crippen LogP contribution in [0.25, 0.3) is 0 Å². The van der Waals surface area contributed by atoms with Crippen LogP contribution in [-0.2, 0) is 9.53 Å². The molecule has 0 heterocycles.